The third-order valence-electron chi connectivity index (χ3n) is 4.96. The SMILES string of the molecule is COCC(=O)NC1C(c2ccccc2)N(Cc2cccs2)CCC1(C)O. The van der Waals surface area contributed by atoms with Gasteiger partial charge < -0.3 is 15.2 Å². The van der Waals surface area contributed by atoms with Crippen LogP contribution in [0.25, 0.3) is 0 Å². The first kappa shape index (κ1) is 19.0. The van der Waals surface area contributed by atoms with Gasteiger partial charge in [-0.05, 0) is 30.4 Å². The Hall–Kier alpha value is -1.73. The third kappa shape index (κ3) is 4.32. The van der Waals surface area contributed by atoms with Crippen molar-refractivity contribution >= 4 is 17.2 Å². The third-order valence-corrected chi connectivity index (χ3v) is 5.82. The molecule has 1 saturated heterocycles. The summed E-state index contributed by atoms with van der Waals surface area (Å²) < 4.78 is 4.96. The largest absolute Gasteiger partial charge is 0.388 e. The minimum absolute atomic E-state index is 0.0149. The van der Waals surface area contributed by atoms with E-state index >= 15 is 0 Å². The molecule has 0 spiro atoms. The summed E-state index contributed by atoms with van der Waals surface area (Å²) in [6, 6.07) is 13.7. The Morgan fingerprint density at radius 2 is 2.12 bits per heavy atom. The highest BCUT2D eigenvalue weighted by Gasteiger charge is 2.46. The van der Waals surface area contributed by atoms with Crippen LogP contribution in [0.2, 0.25) is 0 Å². The topological polar surface area (TPSA) is 61.8 Å². The van der Waals surface area contributed by atoms with Crippen molar-refractivity contribution in [1.29, 1.82) is 0 Å². The van der Waals surface area contributed by atoms with E-state index in [1.54, 1.807) is 11.3 Å². The van der Waals surface area contributed by atoms with Crippen LogP contribution in [0.15, 0.2) is 47.8 Å². The number of amides is 1. The summed E-state index contributed by atoms with van der Waals surface area (Å²) in [5, 5.41) is 16.1. The zero-order valence-corrected chi connectivity index (χ0v) is 16.0. The van der Waals surface area contributed by atoms with Crippen LogP contribution in [0, 0.1) is 0 Å². The fraction of sp³-hybridized carbons (Fsp3) is 0.450. The molecule has 140 valence electrons. The smallest absolute Gasteiger partial charge is 0.246 e. The molecule has 0 bridgehead atoms. The lowest BCUT2D eigenvalue weighted by molar-refractivity contribution is -0.132. The Kier molecular flexibility index (Phi) is 6.09. The summed E-state index contributed by atoms with van der Waals surface area (Å²) in [4.78, 5) is 15.9. The van der Waals surface area contributed by atoms with E-state index in [4.69, 9.17) is 4.74 Å². The first-order chi connectivity index (χ1) is 12.5. The van der Waals surface area contributed by atoms with Gasteiger partial charge in [-0.1, -0.05) is 36.4 Å². The van der Waals surface area contributed by atoms with Crippen molar-refractivity contribution in [2.75, 3.05) is 20.3 Å². The average Bonchev–Trinajstić information content (AvgIpc) is 3.12. The van der Waals surface area contributed by atoms with Crippen molar-refractivity contribution in [2.45, 2.75) is 37.6 Å². The standard InChI is InChI=1S/C20H26N2O3S/c1-20(24)10-11-22(13-16-9-6-12-26-16)18(15-7-4-3-5-8-15)19(20)21-17(23)14-25-2/h3-9,12,18-19,24H,10-11,13-14H2,1-2H3,(H,21,23). The molecule has 3 rings (SSSR count). The highest BCUT2D eigenvalue weighted by molar-refractivity contribution is 7.09. The fourth-order valence-corrected chi connectivity index (χ4v) is 4.36. The molecule has 1 aromatic carbocycles. The maximum absolute atomic E-state index is 12.2. The number of hydrogen-bond donors (Lipinski definition) is 2. The number of nitrogens with zero attached hydrogens (tertiary/aromatic N) is 1. The first-order valence-electron chi connectivity index (χ1n) is 8.83. The second kappa shape index (κ2) is 8.31. The van der Waals surface area contributed by atoms with Gasteiger partial charge in [0.05, 0.1) is 17.7 Å². The number of ether oxygens (including phenoxy) is 1. The summed E-state index contributed by atoms with van der Waals surface area (Å²) >= 11 is 1.73. The van der Waals surface area contributed by atoms with Gasteiger partial charge in [-0.2, -0.15) is 0 Å². The number of carbonyl (C=O) groups excluding carboxylic acids is 1. The minimum atomic E-state index is -0.990. The Morgan fingerprint density at radius 3 is 2.77 bits per heavy atom. The van der Waals surface area contributed by atoms with Crippen molar-refractivity contribution in [3.8, 4) is 0 Å². The predicted octanol–water partition coefficient (Wildman–Crippen LogP) is 2.58. The minimum Gasteiger partial charge on any atom is -0.388 e. The van der Waals surface area contributed by atoms with Crippen molar-refractivity contribution < 1.29 is 14.6 Å². The van der Waals surface area contributed by atoms with Gasteiger partial charge in [-0.15, -0.1) is 11.3 Å². The van der Waals surface area contributed by atoms with Gasteiger partial charge in [0.2, 0.25) is 5.91 Å². The molecular formula is C20H26N2O3S. The van der Waals surface area contributed by atoms with Crippen LogP contribution in [0.1, 0.15) is 29.8 Å². The maximum atomic E-state index is 12.2. The van der Waals surface area contributed by atoms with Crippen LogP contribution >= 0.6 is 11.3 Å². The molecule has 1 aromatic heterocycles. The van der Waals surface area contributed by atoms with Crippen LogP contribution in [0.3, 0.4) is 0 Å². The molecule has 2 aromatic rings. The van der Waals surface area contributed by atoms with Gasteiger partial charge in [0.1, 0.15) is 6.61 Å². The highest BCUT2D eigenvalue weighted by atomic mass is 32.1. The van der Waals surface area contributed by atoms with E-state index in [0.717, 1.165) is 18.7 Å². The van der Waals surface area contributed by atoms with E-state index in [0.29, 0.717) is 6.42 Å². The lowest BCUT2D eigenvalue weighted by atomic mass is 9.79. The van der Waals surface area contributed by atoms with E-state index in [-0.39, 0.29) is 18.6 Å². The van der Waals surface area contributed by atoms with E-state index in [1.807, 2.05) is 25.1 Å². The van der Waals surface area contributed by atoms with Crippen LogP contribution in [-0.2, 0) is 16.1 Å². The molecule has 3 atom stereocenters. The van der Waals surface area contributed by atoms with E-state index in [2.05, 4.69) is 39.9 Å². The summed E-state index contributed by atoms with van der Waals surface area (Å²) in [6.45, 7) is 3.35. The predicted molar refractivity (Wildman–Crippen MR) is 103 cm³/mol. The van der Waals surface area contributed by atoms with Gasteiger partial charge in [0.15, 0.2) is 0 Å². The van der Waals surface area contributed by atoms with Gasteiger partial charge in [-0.25, -0.2) is 0 Å². The molecule has 6 heteroatoms. The molecule has 0 saturated carbocycles. The first-order valence-corrected chi connectivity index (χ1v) is 9.71. The second-order valence-electron chi connectivity index (χ2n) is 6.99. The molecule has 5 nitrogen and oxygen atoms in total. The van der Waals surface area contributed by atoms with E-state index < -0.39 is 11.6 Å². The molecule has 2 N–H and O–H groups in total. The molecule has 2 heterocycles. The summed E-state index contributed by atoms with van der Waals surface area (Å²) in [5.41, 5.74) is 0.0994. The summed E-state index contributed by atoms with van der Waals surface area (Å²) in [7, 11) is 1.50. The number of likely N-dealkylation sites (tertiary alicyclic amines) is 1. The quantitative estimate of drug-likeness (QED) is 0.816. The lowest BCUT2D eigenvalue weighted by Crippen LogP contribution is -2.62. The van der Waals surface area contributed by atoms with Gasteiger partial charge >= 0.3 is 0 Å². The van der Waals surface area contributed by atoms with Crippen LogP contribution < -0.4 is 5.32 Å². The Labute approximate surface area is 158 Å². The van der Waals surface area contributed by atoms with E-state index in [1.165, 1.54) is 12.0 Å². The number of methoxy groups -OCH3 is 1. The Morgan fingerprint density at radius 1 is 1.35 bits per heavy atom. The number of hydrogen-bond acceptors (Lipinski definition) is 5. The zero-order chi connectivity index (χ0) is 18.6. The van der Waals surface area contributed by atoms with Crippen molar-refractivity contribution in [2.24, 2.45) is 0 Å². The monoisotopic (exact) mass is 374 g/mol. The van der Waals surface area contributed by atoms with Crippen LogP contribution in [-0.4, -0.2) is 47.8 Å². The molecule has 1 aliphatic heterocycles. The fourth-order valence-electron chi connectivity index (χ4n) is 3.63. The molecule has 1 fully saturated rings. The average molecular weight is 375 g/mol. The van der Waals surface area contributed by atoms with Gasteiger partial charge in [-0.3, -0.25) is 9.69 Å². The molecule has 0 aliphatic carbocycles. The van der Waals surface area contributed by atoms with E-state index in [9.17, 15) is 9.90 Å². The Balaban J connectivity index is 1.93. The number of rotatable bonds is 6. The number of nitrogens with one attached hydrogen (secondary N) is 1. The molecule has 0 radical (unpaired) electrons. The molecule has 1 aliphatic rings. The normalized spacial score (nSPS) is 26.6. The number of thiophene rings is 1. The molecule has 1 amide bonds. The number of piperidine rings is 1. The van der Waals surface area contributed by atoms with Gasteiger partial charge in [0.25, 0.3) is 0 Å². The van der Waals surface area contributed by atoms with Crippen molar-refractivity contribution in [1.82, 2.24) is 10.2 Å². The van der Waals surface area contributed by atoms with Crippen molar-refractivity contribution in [3.63, 3.8) is 0 Å². The number of carbonyl (C=O) groups is 1. The zero-order valence-electron chi connectivity index (χ0n) is 15.2. The maximum Gasteiger partial charge on any atom is 0.246 e. The summed E-state index contributed by atoms with van der Waals surface area (Å²) in [6.07, 6.45) is 0.597. The summed E-state index contributed by atoms with van der Waals surface area (Å²) in [5.74, 6) is -0.211. The molecular weight excluding hydrogens is 348 g/mol. The highest BCUT2D eigenvalue weighted by Crippen LogP contribution is 2.38. The molecule has 3 unspecified atom stereocenters. The van der Waals surface area contributed by atoms with Crippen LogP contribution in [0.4, 0.5) is 0 Å². The molecule has 26 heavy (non-hydrogen) atoms. The van der Waals surface area contributed by atoms with Crippen LogP contribution in [0.5, 0.6) is 0 Å². The van der Waals surface area contributed by atoms with Gasteiger partial charge in [0, 0.05) is 25.1 Å². The lowest BCUT2D eigenvalue weighted by Gasteiger charge is -2.49. The number of aliphatic hydroxyl groups is 1. The van der Waals surface area contributed by atoms with Crippen molar-refractivity contribution in [3.05, 3.63) is 58.3 Å². The number of benzene rings is 1. The second-order valence-corrected chi connectivity index (χ2v) is 8.02. The Bertz CT molecular complexity index is 703.